The number of nitrogens with one attached hydrogen (secondary N) is 1. The molecule has 1 aliphatic rings. The normalized spacial score (nSPS) is 20.4. The van der Waals surface area contributed by atoms with E-state index in [1.54, 1.807) is 6.92 Å². The summed E-state index contributed by atoms with van der Waals surface area (Å²) >= 11 is 0. The lowest BCUT2D eigenvalue weighted by Crippen LogP contribution is -2.43. The molecule has 0 spiro atoms. The Morgan fingerprint density at radius 2 is 1.92 bits per heavy atom. The zero-order valence-electron chi connectivity index (χ0n) is 7.82. The van der Waals surface area contributed by atoms with Crippen molar-refractivity contribution in [2.75, 3.05) is 19.7 Å². The van der Waals surface area contributed by atoms with Crippen molar-refractivity contribution < 1.29 is 13.3 Å². The van der Waals surface area contributed by atoms with E-state index in [-0.39, 0.29) is 0 Å². The van der Waals surface area contributed by atoms with Crippen LogP contribution in [0, 0.1) is 0 Å². The largest absolute Gasteiger partial charge is 0.301 e. The Labute approximate surface area is 79.2 Å². The molecule has 0 saturated carbocycles. The maximum atomic E-state index is 11.4. The van der Waals surface area contributed by atoms with Gasteiger partial charge in [-0.25, -0.2) is 0 Å². The predicted molar refractivity (Wildman–Crippen MR) is 49.1 cm³/mol. The second kappa shape index (κ2) is 4.90. The van der Waals surface area contributed by atoms with Crippen LogP contribution in [0.4, 0.5) is 0 Å². The average Bonchev–Trinajstić information content (AvgIpc) is 2.16. The van der Waals surface area contributed by atoms with E-state index >= 15 is 0 Å². The third kappa shape index (κ3) is 3.22. The van der Waals surface area contributed by atoms with Crippen molar-refractivity contribution >= 4 is 10.2 Å². The highest BCUT2D eigenvalue weighted by Gasteiger charge is 2.23. The van der Waals surface area contributed by atoms with Crippen LogP contribution in [0.25, 0.3) is 0 Å². The number of hydrogen-bond acceptors (Lipinski definition) is 3. The molecule has 0 bridgehead atoms. The molecule has 5 nitrogen and oxygen atoms in total. The summed E-state index contributed by atoms with van der Waals surface area (Å²) in [6.45, 7) is 3.27. The summed E-state index contributed by atoms with van der Waals surface area (Å²) in [5.74, 6) is 0. The van der Waals surface area contributed by atoms with Crippen molar-refractivity contribution in [3.05, 3.63) is 0 Å². The molecule has 0 aromatic carbocycles. The van der Waals surface area contributed by atoms with Crippen molar-refractivity contribution in [3.8, 4) is 0 Å². The Balaban J connectivity index is 2.47. The van der Waals surface area contributed by atoms with Gasteiger partial charge in [0.05, 0.1) is 6.61 Å². The second-order valence-corrected chi connectivity index (χ2v) is 4.61. The van der Waals surface area contributed by atoms with Crippen molar-refractivity contribution in [2.24, 2.45) is 0 Å². The molecule has 0 atom stereocenters. The van der Waals surface area contributed by atoms with Gasteiger partial charge in [-0.15, -0.1) is 0 Å². The highest BCUT2D eigenvalue weighted by atomic mass is 32.2. The summed E-state index contributed by atoms with van der Waals surface area (Å²) < 4.78 is 24.3. The molecule has 1 heterocycles. The fourth-order valence-electron chi connectivity index (χ4n) is 1.29. The molecule has 1 N–H and O–H groups in total. The van der Waals surface area contributed by atoms with Crippen molar-refractivity contribution in [1.82, 2.24) is 9.19 Å². The molecule has 1 fully saturated rings. The van der Waals surface area contributed by atoms with Gasteiger partial charge >= 0.3 is 10.2 Å². The van der Waals surface area contributed by atoms with Crippen LogP contribution >= 0.6 is 0 Å². The molecule has 6 heteroatoms. The lowest BCUT2D eigenvalue weighted by Gasteiger charge is -2.25. The van der Waals surface area contributed by atoms with Crippen LogP contribution < -0.4 is 4.89 Å². The topological polar surface area (TPSA) is 58.6 Å². The zero-order chi connectivity index (χ0) is 9.73. The van der Waals surface area contributed by atoms with Gasteiger partial charge in [-0.1, -0.05) is 11.3 Å². The first kappa shape index (κ1) is 10.9. The third-order valence-electron chi connectivity index (χ3n) is 1.96. The van der Waals surface area contributed by atoms with Crippen LogP contribution in [-0.2, 0) is 15.0 Å². The Morgan fingerprint density at radius 3 is 2.46 bits per heavy atom. The van der Waals surface area contributed by atoms with Gasteiger partial charge in [0.15, 0.2) is 0 Å². The monoisotopic (exact) mass is 208 g/mol. The fourth-order valence-corrected chi connectivity index (χ4v) is 2.40. The van der Waals surface area contributed by atoms with E-state index in [0.29, 0.717) is 19.7 Å². The van der Waals surface area contributed by atoms with E-state index in [0.717, 1.165) is 19.3 Å². The molecular formula is C7H16N2O3S. The average molecular weight is 208 g/mol. The van der Waals surface area contributed by atoms with Gasteiger partial charge < -0.3 is 0 Å². The van der Waals surface area contributed by atoms with E-state index in [9.17, 15) is 8.42 Å². The molecule has 0 aromatic heterocycles. The minimum atomic E-state index is -3.38. The van der Waals surface area contributed by atoms with Crippen molar-refractivity contribution in [3.63, 3.8) is 0 Å². The van der Waals surface area contributed by atoms with Crippen LogP contribution in [0.1, 0.15) is 26.2 Å². The molecule has 0 amide bonds. The maximum absolute atomic E-state index is 11.4. The van der Waals surface area contributed by atoms with Gasteiger partial charge in [0.1, 0.15) is 0 Å². The Hall–Kier alpha value is -0.170. The van der Waals surface area contributed by atoms with Gasteiger partial charge in [-0.3, -0.25) is 4.84 Å². The number of hydrogen-bond donors (Lipinski definition) is 1. The molecule has 1 rings (SSSR count). The molecule has 0 aromatic rings. The first-order valence-electron chi connectivity index (χ1n) is 4.55. The number of nitrogens with zero attached hydrogens (tertiary/aromatic N) is 1. The van der Waals surface area contributed by atoms with Crippen LogP contribution in [0.3, 0.4) is 0 Å². The molecule has 13 heavy (non-hydrogen) atoms. The Bertz CT molecular complexity index is 234. The third-order valence-corrected chi connectivity index (χ3v) is 3.34. The minimum absolute atomic E-state index is 0.340. The lowest BCUT2D eigenvalue weighted by atomic mass is 10.2. The van der Waals surface area contributed by atoms with Crippen molar-refractivity contribution in [1.29, 1.82) is 0 Å². The van der Waals surface area contributed by atoms with Crippen LogP contribution in [0.5, 0.6) is 0 Å². The van der Waals surface area contributed by atoms with E-state index in [1.807, 2.05) is 0 Å². The minimum Gasteiger partial charge on any atom is -0.286 e. The SMILES string of the molecule is CCONS(=O)(=O)N1CCCCC1. The zero-order valence-corrected chi connectivity index (χ0v) is 8.64. The maximum Gasteiger partial charge on any atom is 0.301 e. The smallest absolute Gasteiger partial charge is 0.286 e. The van der Waals surface area contributed by atoms with Crippen LogP contribution in [0.2, 0.25) is 0 Å². The number of rotatable bonds is 4. The number of piperidine rings is 1. The highest BCUT2D eigenvalue weighted by Crippen LogP contribution is 2.11. The molecule has 78 valence electrons. The summed E-state index contributed by atoms with van der Waals surface area (Å²) in [5.41, 5.74) is 0. The molecule has 0 unspecified atom stereocenters. The van der Waals surface area contributed by atoms with E-state index in [4.69, 9.17) is 0 Å². The van der Waals surface area contributed by atoms with Gasteiger partial charge in [-0.05, 0) is 19.8 Å². The standard InChI is InChI=1S/C7H16N2O3S/c1-2-12-8-13(10,11)9-6-4-3-5-7-9/h8H,2-7H2,1H3. The van der Waals surface area contributed by atoms with Gasteiger partial charge in [0, 0.05) is 13.1 Å². The van der Waals surface area contributed by atoms with Gasteiger partial charge in [0.25, 0.3) is 0 Å². The summed E-state index contributed by atoms with van der Waals surface area (Å²) in [7, 11) is -3.38. The van der Waals surface area contributed by atoms with E-state index in [2.05, 4.69) is 9.72 Å². The quantitative estimate of drug-likeness (QED) is 0.674. The van der Waals surface area contributed by atoms with Gasteiger partial charge in [0.2, 0.25) is 0 Å². The predicted octanol–water partition coefficient (Wildman–Crippen LogP) is 0.258. The first-order valence-corrected chi connectivity index (χ1v) is 5.99. The van der Waals surface area contributed by atoms with Crippen LogP contribution in [-0.4, -0.2) is 32.4 Å². The van der Waals surface area contributed by atoms with Gasteiger partial charge in [-0.2, -0.15) is 12.7 Å². The highest BCUT2D eigenvalue weighted by molar-refractivity contribution is 7.87. The fraction of sp³-hybridized carbons (Fsp3) is 1.00. The molecule has 0 radical (unpaired) electrons. The summed E-state index contributed by atoms with van der Waals surface area (Å²) in [4.78, 5) is 6.75. The lowest BCUT2D eigenvalue weighted by molar-refractivity contribution is 0.0986. The van der Waals surface area contributed by atoms with E-state index in [1.165, 1.54) is 4.31 Å². The molecule has 1 saturated heterocycles. The van der Waals surface area contributed by atoms with Crippen LogP contribution in [0.15, 0.2) is 0 Å². The Morgan fingerprint density at radius 1 is 1.31 bits per heavy atom. The van der Waals surface area contributed by atoms with E-state index < -0.39 is 10.2 Å². The summed E-state index contributed by atoms with van der Waals surface area (Å²) in [6.07, 6.45) is 2.99. The first-order chi connectivity index (χ1) is 6.17. The summed E-state index contributed by atoms with van der Waals surface area (Å²) in [6, 6.07) is 0. The summed E-state index contributed by atoms with van der Waals surface area (Å²) in [5, 5.41) is 0. The van der Waals surface area contributed by atoms with Crippen molar-refractivity contribution in [2.45, 2.75) is 26.2 Å². The Kier molecular flexibility index (Phi) is 4.11. The molecular weight excluding hydrogens is 192 g/mol. The second-order valence-electron chi connectivity index (χ2n) is 2.98. The molecule has 0 aliphatic carbocycles. The molecule has 1 aliphatic heterocycles.